The Morgan fingerprint density at radius 2 is 1.55 bits per heavy atom. The molecule has 0 amide bonds. The highest BCUT2D eigenvalue weighted by molar-refractivity contribution is 5.52. The van der Waals surface area contributed by atoms with E-state index in [0.717, 1.165) is 6.54 Å². The summed E-state index contributed by atoms with van der Waals surface area (Å²) in [6, 6.07) is 19.4. The molecule has 0 fully saturated rings. The van der Waals surface area contributed by atoms with Gasteiger partial charge >= 0.3 is 0 Å². The van der Waals surface area contributed by atoms with Crippen molar-refractivity contribution in [1.29, 1.82) is 0 Å². The van der Waals surface area contributed by atoms with Gasteiger partial charge in [0.1, 0.15) is 0 Å². The second-order valence-electron chi connectivity index (χ2n) is 5.61. The molecule has 0 aromatic heterocycles. The third-order valence-corrected chi connectivity index (χ3v) is 3.63. The molecule has 1 nitrogen and oxygen atoms in total. The molecule has 0 aliphatic carbocycles. The lowest BCUT2D eigenvalue weighted by Gasteiger charge is -2.14. The summed E-state index contributed by atoms with van der Waals surface area (Å²) in [6.07, 6.45) is 3.62. The third-order valence-electron chi connectivity index (χ3n) is 3.63. The van der Waals surface area contributed by atoms with E-state index in [4.69, 9.17) is 0 Å². The van der Waals surface area contributed by atoms with E-state index in [1.165, 1.54) is 36.1 Å². The van der Waals surface area contributed by atoms with E-state index >= 15 is 0 Å². The van der Waals surface area contributed by atoms with Gasteiger partial charge in [-0.1, -0.05) is 62.4 Å². The highest BCUT2D eigenvalue weighted by atomic mass is 14.9. The van der Waals surface area contributed by atoms with Crippen LogP contribution in [0.25, 0.3) is 0 Å². The van der Waals surface area contributed by atoms with Gasteiger partial charge in [-0.3, -0.25) is 0 Å². The molecule has 0 aliphatic rings. The summed E-state index contributed by atoms with van der Waals surface area (Å²) in [5, 5.41) is 3.58. The molecule has 0 spiro atoms. The molecule has 0 bridgehead atoms. The molecule has 1 heteroatoms. The van der Waals surface area contributed by atoms with Crippen LogP contribution in [-0.2, 0) is 6.42 Å². The van der Waals surface area contributed by atoms with Crippen molar-refractivity contribution < 1.29 is 0 Å². The van der Waals surface area contributed by atoms with Crippen molar-refractivity contribution in [3.8, 4) is 0 Å². The molecule has 0 heterocycles. The van der Waals surface area contributed by atoms with Crippen LogP contribution in [0.3, 0.4) is 0 Å². The van der Waals surface area contributed by atoms with Gasteiger partial charge in [-0.25, -0.2) is 0 Å². The Morgan fingerprint density at radius 1 is 0.850 bits per heavy atom. The second kappa shape index (κ2) is 7.74. The fraction of sp³-hybridized carbons (Fsp3) is 0.368. The molecule has 2 aromatic rings. The third kappa shape index (κ3) is 4.41. The summed E-state index contributed by atoms with van der Waals surface area (Å²) in [5.74, 6) is 0.572. The number of hydrogen-bond acceptors (Lipinski definition) is 1. The maximum Gasteiger partial charge on any atom is 0.0375 e. The van der Waals surface area contributed by atoms with Crippen molar-refractivity contribution in [2.75, 3.05) is 11.9 Å². The molecule has 20 heavy (non-hydrogen) atoms. The van der Waals surface area contributed by atoms with Crippen molar-refractivity contribution in [2.45, 2.75) is 39.0 Å². The fourth-order valence-electron chi connectivity index (χ4n) is 2.48. The smallest absolute Gasteiger partial charge is 0.0375 e. The first-order valence-corrected chi connectivity index (χ1v) is 7.64. The minimum atomic E-state index is 0.572. The number of hydrogen-bond donors (Lipinski definition) is 1. The van der Waals surface area contributed by atoms with Gasteiger partial charge in [0.25, 0.3) is 0 Å². The van der Waals surface area contributed by atoms with Gasteiger partial charge in [0.15, 0.2) is 0 Å². The second-order valence-corrected chi connectivity index (χ2v) is 5.61. The highest BCUT2D eigenvalue weighted by Gasteiger charge is 2.04. The number of anilines is 1. The number of unbranched alkanes of at least 4 members (excludes halogenated alkanes) is 1. The summed E-state index contributed by atoms with van der Waals surface area (Å²) in [5.41, 5.74) is 4.15. The van der Waals surface area contributed by atoms with Crippen LogP contribution in [0.4, 0.5) is 5.69 Å². The van der Waals surface area contributed by atoms with Crippen LogP contribution in [0.15, 0.2) is 54.6 Å². The molecule has 0 aliphatic heterocycles. The number of nitrogens with one attached hydrogen (secondary N) is 1. The molecule has 1 N–H and O–H groups in total. The summed E-state index contributed by atoms with van der Waals surface area (Å²) in [4.78, 5) is 0. The topological polar surface area (TPSA) is 12.0 Å². The van der Waals surface area contributed by atoms with Crippen molar-refractivity contribution in [3.05, 3.63) is 65.7 Å². The Kier molecular flexibility index (Phi) is 5.67. The van der Waals surface area contributed by atoms with Crippen LogP contribution in [0, 0.1) is 0 Å². The summed E-state index contributed by atoms with van der Waals surface area (Å²) in [7, 11) is 0. The average Bonchev–Trinajstić information content (AvgIpc) is 2.48. The first-order valence-electron chi connectivity index (χ1n) is 7.64. The SMILES string of the molecule is CC(C)c1ccccc1NCCCCc1ccccc1. The van der Waals surface area contributed by atoms with Gasteiger partial charge in [-0.15, -0.1) is 0 Å². The molecular formula is C19H25N. The van der Waals surface area contributed by atoms with E-state index < -0.39 is 0 Å². The Hall–Kier alpha value is -1.76. The normalized spacial score (nSPS) is 10.8. The van der Waals surface area contributed by atoms with Gasteiger partial charge in [0.2, 0.25) is 0 Å². The van der Waals surface area contributed by atoms with E-state index in [2.05, 4.69) is 73.8 Å². The highest BCUT2D eigenvalue weighted by Crippen LogP contribution is 2.23. The molecule has 0 unspecified atom stereocenters. The lowest BCUT2D eigenvalue weighted by atomic mass is 10.0. The number of rotatable bonds is 7. The van der Waals surface area contributed by atoms with Crippen LogP contribution in [-0.4, -0.2) is 6.54 Å². The van der Waals surface area contributed by atoms with E-state index in [-0.39, 0.29) is 0 Å². The van der Waals surface area contributed by atoms with E-state index in [1.54, 1.807) is 0 Å². The van der Waals surface area contributed by atoms with Crippen LogP contribution < -0.4 is 5.32 Å². The zero-order chi connectivity index (χ0) is 14.2. The van der Waals surface area contributed by atoms with Gasteiger partial charge in [-0.2, -0.15) is 0 Å². The van der Waals surface area contributed by atoms with E-state index in [1.807, 2.05) is 0 Å². The summed E-state index contributed by atoms with van der Waals surface area (Å²) >= 11 is 0. The molecule has 0 saturated heterocycles. The summed E-state index contributed by atoms with van der Waals surface area (Å²) in [6.45, 7) is 5.54. The minimum Gasteiger partial charge on any atom is -0.385 e. The minimum absolute atomic E-state index is 0.572. The van der Waals surface area contributed by atoms with E-state index in [0.29, 0.717) is 5.92 Å². The van der Waals surface area contributed by atoms with Crippen molar-refractivity contribution >= 4 is 5.69 Å². The number of para-hydroxylation sites is 1. The zero-order valence-corrected chi connectivity index (χ0v) is 12.6. The molecule has 0 saturated carbocycles. The number of benzene rings is 2. The Labute approximate surface area is 123 Å². The van der Waals surface area contributed by atoms with Crippen LogP contribution in [0.2, 0.25) is 0 Å². The van der Waals surface area contributed by atoms with Gasteiger partial charge in [0, 0.05) is 12.2 Å². The predicted molar refractivity (Wildman–Crippen MR) is 88.4 cm³/mol. The lowest BCUT2D eigenvalue weighted by molar-refractivity contribution is 0.761. The molecule has 2 rings (SSSR count). The van der Waals surface area contributed by atoms with Crippen molar-refractivity contribution in [3.63, 3.8) is 0 Å². The lowest BCUT2D eigenvalue weighted by Crippen LogP contribution is -2.05. The van der Waals surface area contributed by atoms with Gasteiger partial charge in [-0.05, 0) is 42.4 Å². The van der Waals surface area contributed by atoms with Crippen LogP contribution in [0.5, 0.6) is 0 Å². The predicted octanol–water partition coefficient (Wildman–Crippen LogP) is 5.24. The van der Waals surface area contributed by atoms with Gasteiger partial charge in [0.05, 0.1) is 0 Å². The van der Waals surface area contributed by atoms with Crippen LogP contribution in [0.1, 0.15) is 43.7 Å². The fourth-order valence-corrected chi connectivity index (χ4v) is 2.48. The Bertz CT molecular complexity index is 502. The zero-order valence-electron chi connectivity index (χ0n) is 12.6. The van der Waals surface area contributed by atoms with Crippen molar-refractivity contribution in [1.82, 2.24) is 0 Å². The molecule has 106 valence electrons. The Balaban J connectivity index is 1.74. The largest absolute Gasteiger partial charge is 0.385 e. The maximum atomic E-state index is 3.58. The standard InChI is InChI=1S/C19H25N/c1-16(2)18-13-6-7-14-19(18)20-15-9-8-12-17-10-4-3-5-11-17/h3-7,10-11,13-14,16,20H,8-9,12,15H2,1-2H3. The average molecular weight is 267 g/mol. The molecule has 0 radical (unpaired) electrons. The first-order chi connectivity index (χ1) is 9.77. The molecular weight excluding hydrogens is 242 g/mol. The molecule has 0 atom stereocenters. The summed E-state index contributed by atoms with van der Waals surface area (Å²) < 4.78 is 0. The quantitative estimate of drug-likeness (QED) is 0.676. The monoisotopic (exact) mass is 267 g/mol. The van der Waals surface area contributed by atoms with Crippen molar-refractivity contribution in [2.24, 2.45) is 0 Å². The first kappa shape index (κ1) is 14.6. The Morgan fingerprint density at radius 3 is 2.30 bits per heavy atom. The molecule has 2 aromatic carbocycles. The van der Waals surface area contributed by atoms with Gasteiger partial charge < -0.3 is 5.32 Å². The van der Waals surface area contributed by atoms with E-state index in [9.17, 15) is 0 Å². The number of aryl methyl sites for hydroxylation is 1. The maximum absolute atomic E-state index is 3.58. The van der Waals surface area contributed by atoms with Crippen LogP contribution >= 0.6 is 0 Å².